The van der Waals surface area contributed by atoms with Gasteiger partial charge in [0.2, 0.25) is 5.91 Å². The van der Waals surface area contributed by atoms with Crippen molar-refractivity contribution < 1.29 is 9.72 Å². The van der Waals surface area contributed by atoms with Crippen molar-refractivity contribution in [3.63, 3.8) is 0 Å². The highest BCUT2D eigenvalue weighted by atomic mass is 16.6. The fourth-order valence-corrected chi connectivity index (χ4v) is 4.32. The predicted octanol–water partition coefficient (Wildman–Crippen LogP) is 4.44. The number of nitro benzene ring substituents is 1. The Morgan fingerprint density at radius 1 is 1.23 bits per heavy atom. The number of nitro groups is 1. The van der Waals surface area contributed by atoms with Crippen molar-refractivity contribution in [2.75, 3.05) is 6.54 Å². The molecule has 0 saturated carbocycles. The zero-order chi connectivity index (χ0) is 21.1. The molecule has 0 aromatic heterocycles. The number of carbonyl (C=O) groups is 1. The molecule has 4 rings (SSSR count). The van der Waals surface area contributed by atoms with Crippen molar-refractivity contribution in [2.24, 2.45) is 0 Å². The highest BCUT2D eigenvalue weighted by molar-refractivity contribution is 5.87. The van der Waals surface area contributed by atoms with Crippen LogP contribution in [0.4, 0.5) is 5.69 Å². The molecule has 1 fully saturated rings. The summed E-state index contributed by atoms with van der Waals surface area (Å²) in [7, 11) is 0. The number of hydrazine groups is 1. The van der Waals surface area contributed by atoms with Crippen LogP contribution in [0, 0.1) is 10.1 Å². The number of non-ortho nitro benzene ring substituents is 1. The predicted molar refractivity (Wildman–Crippen MR) is 115 cm³/mol. The van der Waals surface area contributed by atoms with Crippen molar-refractivity contribution in [2.45, 2.75) is 44.7 Å². The van der Waals surface area contributed by atoms with Crippen LogP contribution in [0.25, 0.3) is 0 Å². The fourth-order valence-electron chi connectivity index (χ4n) is 4.32. The molecule has 30 heavy (non-hydrogen) atoms. The molecule has 1 saturated heterocycles. The summed E-state index contributed by atoms with van der Waals surface area (Å²) in [5, 5.41) is 15.0. The minimum atomic E-state index is -0.398. The average molecular weight is 406 g/mol. The van der Waals surface area contributed by atoms with Crippen molar-refractivity contribution in [1.82, 2.24) is 14.9 Å². The molecule has 0 N–H and O–H groups in total. The molecule has 2 atom stereocenters. The van der Waals surface area contributed by atoms with Gasteiger partial charge in [0.1, 0.15) is 0 Å². The Bertz CT molecular complexity index is 932. The number of hydrogen-bond donors (Lipinski definition) is 0. The molecule has 3 aliphatic heterocycles. The van der Waals surface area contributed by atoms with Crippen LogP contribution in [0.15, 0.2) is 72.7 Å². The summed E-state index contributed by atoms with van der Waals surface area (Å²) in [5.41, 5.74) is 1.99. The van der Waals surface area contributed by atoms with Gasteiger partial charge in [-0.25, -0.2) is 0 Å². The lowest BCUT2D eigenvalue weighted by Gasteiger charge is -2.35. The van der Waals surface area contributed by atoms with E-state index in [-0.39, 0.29) is 17.6 Å². The van der Waals surface area contributed by atoms with Crippen molar-refractivity contribution >= 4 is 11.6 Å². The molecular weight excluding hydrogens is 380 g/mol. The number of hydrogen-bond acceptors (Lipinski definition) is 5. The van der Waals surface area contributed by atoms with E-state index >= 15 is 0 Å². The number of likely N-dealkylation sites (tertiary alicyclic amines) is 1. The number of rotatable bonds is 5. The third kappa shape index (κ3) is 3.87. The van der Waals surface area contributed by atoms with Crippen LogP contribution in [0.1, 0.15) is 44.2 Å². The van der Waals surface area contributed by atoms with E-state index in [4.69, 9.17) is 0 Å². The van der Waals surface area contributed by atoms with Gasteiger partial charge in [0, 0.05) is 43.2 Å². The lowest BCUT2D eigenvalue weighted by atomic mass is 10.00. The molecule has 0 aliphatic carbocycles. The maximum Gasteiger partial charge on any atom is 0.269 e. The standard InChI is InChI=1S/C23H26N4O3/c1-2-19-7-3-5-14-24(19)23(28)13-16-26-22(17-21-8-4-6-15-25(21)26)18-9-11-20(12-10-18)27(29)30/h4,6,8-13,15-17,19,22H,2-3,5,7,14H2,1H3/b16-13+. The maximum absolute atomic E-state index is 12.9. The van der Waals surface area contributed by atoms with E-state index < -0.39 is 4.92 Å². The fraction of sp³-hybridized carbons (Fsp3) is 0.348. The van der Waals surface area contributed by atoms with Crippen LogP contribution in [-0.2, 0) is 4.79 Å². The highest BCUT2D eigenvalue weighted by Crippen LogP contribution is 2.36. The van der Waals surface area contributed by atoms with E-state index in [1.165, 1.54) is 18.6 Å². The summed E-state index contributed by atoms with van der Waals surface area (Å²) in [4.78, 5) is 25.5. The largest absolute Gasteiger partial charge is 0.336 e. The first-order chi connectivity index (χ1) is 14.6. The van der Waals surface area contributed by atoms with E-state index in [0.29, 0.717) is 6.04 Å². The number of piperidine rings is 1. The minimum absolute atomic E-state index is 0.0361. The second kappa shape index (κ2) is 8.57. The first kappa shape index (κ1) is 19.9. The first-order valence-corrected chi connectivity index (χ1v) is 10.5. The second-order valence-corrected chi connectivity index (χ2v) is 7.72. The molecule has 0 radical (unpaired) electrons. The van der Waals surface area contributed by atoms with Gasteiger partial charge in [-0.05, 0) is 61.6 Å². The molecule has 1 aromatic carbocycles. The SMILES string of the molecule is CCC1CCCCN1C(=O)/C=C/N1C(c2ccc([N+](=O)[O-])cc2)C=C2C=CC=CN21. The molecule has 2 unspecified atom stereocenters. The number of amides is 1. The normalized spacial score (nSPS) is 23.1. The van der Waals surface area contributed by atoms with E-state index in [1.54, 1.807) is 18.2 Å². The number of nitrogens with zero attached hydrogens (tertiary/aromatic N) is 4. The van der Waals surface area contributed by atoms with Crippen molar-refractivity contribution in [3.05, 3.63) is 88.4 Å². The van der Waals surface area contributed by atoms with Crippen LogP contribution in [0.3, 0.4) is 0 Å². The smallest absolute Gasteiger partial charge is 0.269 e. The van der Waals surface area contributed by atoms with Crippen molar-refractivity contribution in [1.29, 1.82) is 0 Å². The van der Waals surface area contributed by atoms with Crippen LogP contribution in [0.5, 0.6) is 0 Å². The third-order valence-corrected chi connectivity index (χ3v) is 5.93. The lowest BCUT2D eigenvalue weighted by Crippen LogP contribution is -2.42. The van der Waals surface area contributed by atoms with Gasteiger partial charge < -0.3 is 4.90 Å². The zero-order valence-corrected chi connectivity index (χ0v) is 17.1. The molecule has 7 heteroatoms. The Hall–Kier alpha value is -3.35. The Kier molecular flexibility index (Phi) is 5.70. The quantitative estimate of drug-likeness (QED) is 0.411. The van der Waals surface area contributed by atoms with E-state index in [1.807, 2.05) is 45.5 Å². The second-order valence-electron chi connectivity index (χ2n) is 7.72. The van der Waals surface area contributed by atoms with Crippen LogP contribution < -0.4 is 0 Å². The lowest BCUT2D eigenvalue weighted by molar-refractivity contribution is -0.384. The average Bonchev–Trinajstić information content (AvgIpc) is 3.16. The maximum atomic E-state index is 12.9. The van der Waals surface area contributed by atoms with Gasteiger partial charge in [0.05, 0.1) is 16.7 Å². The molecule has 156 valence electrons. The molecule has 7 nitrogen and oxygen atoms in total. The number of carbonyl (C=O) groups excluding carboxylic acids is 1. The van der Waals surface area contributed by atoms with Gasteiger partial charge in [-0.3, -0.25) is 24.9 Å². The Morgan fingerprint density at radius 2 is 2.03 bits per heavy atom. The van der Waals surface area contributed by atoms with Gasteiger partial charge in [-0.1, -0.05) is 13.0 Å². The molecule has 3 heterocycles. The van der Waals surface area contributed by atoms with Gasteiger partial charge in [-0.15, -0.1) is 0 Å². The van der Waals surface area contributed by atoms with Crippen LogP contribution in [0.2, 0.25) is 0 Å². The van der Waals surface area contributed by atoms with Gasteiger partial charge in [0.15, 0.2) is 0 Å². The summed E-state index contributed by atoms with van der Waals surface area (Å²) < 4.78 is 0. The summed E-state index contributed by atoms with van der Waals surface area (Å²) in [6.45, 7) is 2.94. The van der Waals surface area contributed by atoms with Gasteiger partial charge >= 0.3 is 0 Å². The number of fused-ring (bicyclic) bond motifs is 1. The topological polar surface area (TPSA) is 69.9 Å². The minimum Gasteiger partial charge on any atom is -0.336 e. The Morgan fingerprint density at radius 3 is 2.77 bits per heavy atom. The van der Waals surface area contributed by atoms with Crippen LogP contribution in [-0.4, -0.2) is 38.3 Å². The first-order valence-electron chi connectivity index (χ1n) is 10.5. The Balaban J connectivity index is 1.58. The van der Waals surface area contributed by atoms with E-state index in [9.17, 15) is 14.9 Å². The Labute approximate surface area is 176 Å². The molecule has 1 aromatic rings. The van der Waals surface area contributed by atoms with E-state index in [2.05, 4.69) is 13.0 Å². The zero-order valence-electron chi connectivity index (χ0n) is 17.1. The molecule has 1 amide bonds. The van der Waals surface area contributed by atoms with Gasteiger partial charge in [-0.2, -0.15) is 0 Å². The summed E-state index contributed by atoms with van der Waals surface area (Å²) in [5.74, 6) is 0.0361. The summed E-state index contributed by atoms with van der Waals surface area (Å²) in [6.07, 6.45) is 17.7. The highest BCUT2D eigenvalue weighted by Gasteiger charge is 2.30. The van der Waals surface area contributed by atoms with Crippen molar-refractivity contribution in [3.8, 4) is 0 Å². The van der Waals surface area contributed by atoms with Gasteiger partial charge in [0.25, 0.3) is 5.69 Å². The number of benzene rings is 1. The third-order valence-electron chi connectivity index (χ3n) is 5.93. The molecule has 0 bridgehead atoms. The molecule has 0 spiro atoms. The molecule has 3 aliphatic rings. The number of allylic oxidation sites excluding steroid dienone is 3. The molecular formula is C23H26N4O3. The van der Waals surface area contributed by atoms with Crippen LogP contribution >= 0.6 is 0 Å². The monoisotopic (exact) mass is 406 g/mol. The summed E-state index contributed by atoms with van der Waals surface area (Å²) >= 11 is 0. The summed E-state index contributed by atoms with van der Waals surface area (Å²) in [6, 6.07) is 6.73. The van der Waals surface area contributed by atoms with E-state index in [0.717, 1.165) is 37.1 Å².